The van der Waals surface area contributed by atoms with Crippen molar-refractivity contribution in [3.63, 3.8) is 0 Å². The molecule has 2 nitrogen and oxygen atoms in total. The Hall–Kier alpha value is -1.35. The first-order valence-corrected chi connectivity index (χ1v) is 9.16. The maximum Gasteiger partial charge on any atom is 0.0406 e. The lowest BCUT2D eigenvalue weighted by atomic mass is 9.90. The van der Waals surface area contributed by atoms with Gasteiger partial charge in [0.2, 0.25) is 0 Å². The summed E-state index contributed by atoms with van der Waals surface area (Å²) in [7, 11) is 4.24. The first kappa shape index (κ1) is 19.0. The van der Waals surface area contributed by atoms with Gasteiger partial charge in [0.05, 0.1) is 0 Å². The zero-order valence-electron chi connectivity index (χ0n) is 15.1. The van der Waals surface area contributed by atoms with Gasteiger partial charge in [-0.2, -0.15) is 0 Å². The van der Waals surface area contributed by atoms with Crippen molar-refractivity contribution in [3.8, 4) is 11.1 Å². The quantitative estimate of drug-likeness (QED) is 0.641. The van der Waals surface area contributed by atoms with Gasteiger partial charge in [0.15, 0.2) is 0 Å². The van der Waals surface area contributed by atoms with Gasteiger partial charge in [0, 0.05) is 5.02 Å². The van der Waals surface area contributed by atoms with Crippen molar-refractivity contribution in [2.75, 3.05) is 33.7 Å². The fourth-order valence-electron chi connectivity index (χ4n) is 2.94. The molecule has 130 valence electrons. The highest BCUT2D eigenvalue weighted by Crippen LogP contribution is 2.31. The van der Waals surface area contributed by atoms with Crippen LogP contribution in [0.2, 0.25) is 5.02 Å². The van der Waals surface area contributed by atoms with Crippen molar-refractivity contribution in [1.82, 2.24) is 10.2 Å². The lowest BCUT2D eigenvalue weighted by Gasteiger charge is -2.17. The monoisotopic (exact) mass is 344 g/mol. The van der Waals surface area contributed by atoms with Crippen LogP contribution >= 0.6 is 11.6 Å². The van der Waals surface area contributed by atoms with Crippen molar-refractivity contribution in [3.05, 3.63) is 59.1 Å². The molecule has 3 heteroatoms. The molecule has 1 N–H and O–H groups in total. The first-order valence-electron chi connectivity index (χ1n) is 8.78. The maximum atomic E-state index is 6.02. The van der Waals surface area contributed by atoms with Gasteiger partial charge in [0.1, 0.15) is 0 Å². The summed E-state index contributed by atoms with van der Waals surface area (Å²) < 4.78 is 0. The van der Waals surface area contributed by atoms with E-state index in [1.54, 1.807) is 0 Å². The van der Waals surface area contributed by atoms with Crippen LogP contribution in [0.15, 0.2) is 48.5 Å². The van der Waals surface area contributed by atoms with E-state index in [4.69, 9.17) is 11.6 Å². The number of benzene rings is 2. The molecule has 1 atom stereocenters. The molecule has 2 aromatic carbocycles. The maximum absolute atomic E-state index is 6.02. The Morgan fingerprint density at radius 2 is 1.71 bits per heavy atom. The van der Waals surface area contributed by atoms with Crippen LogP contribution in [0.1, 0.15) is 31.2 Å². The molecule has 0 saturated carbocycles. The van der Waals surface area contributed by atoms with E-state index in [2.05, 4.69) is 67.6 Å². The third-order valence-electron chi connectivity index (χ3n) is 4.36. The summed E-state index contributed by atoms with van der Waals surface area (Å²) >= 11 is 6.02. The van der Waals surface area contributed by atoms with Gasteiger partial charge >= 0.3 is 0 Å². The Balaban J connectivity index is 1.92. The average molecular weight is 345 g/mol. The summed E-state index contributed by atoms with van der Waals surface area (Å²) in [5.41, 5.74) is 3.96. The van der Waals surface area contributed by atoms with E-state index < -0.39 is 0 Å². The summed E-state index contributed by atoms with van der Waals surface area (Å²) in [5.74, 6) is 0.526. The SMILES string of the molecule is CC(CCNCCCN(C)C)c1ccccc1-c1ccc(Cl)cc1. The molecule has 0 saturated heterocycles. The molecule has 0 aliphatic rings. The van der Waals surface area contributed by atoms with E-state index >= 15 is 0 Å². The highest BCUT2D eigenvalue weighted by atomic mass is 35.5. The molecule has 0 spiro atoms. The van der Waals surface area contributed by atoms with Gasteiger partial charge in [-0.25, -0.2) is 0 Å². The van der Waals surface area contributed by atoms with Crippen molar-refractivity contribution < 1.29 is 0 Å². The van der Waals surface area contributed by atoms with E-state index in [0.717, 1.165) is 31.1 Å². The second-order valence-electron chi connectivity index (χ2n) is 6.69. The van der Waals surface area contributed by atoms with E-state index in [1.807, 2.05) is 12.1 Å². The fourth-order valence-corrected chi connectivity index (χ4v) is 3.06. The largest absolute Gasteiger partial charge is 0.317 e. The number of halogens is 1. The summed E-state index contributed by atoms with van der Waals surface area (Å²) in [6.07, 6.45) is 2.34. The Labute approximate surface area is 151 Å². The predicted octanol–water partition coefficient (Wildman–Crippen LogP) is 5.04. The second kappa shape index (κ2) is 9.83. The van der Waals surface area contributed by atoms with Crippen LogP contribution in [-0.2, 0) is 0 Å². The highest BCUT2D eigenvalue weighted by Gasteiger charge is 2.11. The molecule has 1 unspecified atom stereocenters. The van der Waals surface area contributed by atoms with Crippen LogP contribution in [0.4, 0.5) is 0 Å². The van der Waals surface area contributed by atoms with Gasteiger partial charge in [-0.15, -0.1) is 0 Å². The van der Waals surface area contributed by atoms with E-state index in [9.17, 15) is 0 Å². The van der Waals surface area contributed by atoms with E-state index in [0.29, 0.717) is 5.92 Å². The average Bonchev–Trinajstić information content (AvgIpc) is 2.58. The number of nitrogens with zero attached hydrogens (tertiary/aromatic N) is 1. The Morgan fingerprint density at radius 1 is 1.00 bits per heavy atom. The third-order valence-corrected chi connectivity index (χ3v) is 4.61. The zero-order chi connectivity index (χ0) is 17.4. The molecule has 0 aliphatic carbocycles. The molecule has 0 fully saturated rings. The number of rotatable bonds is 9. The Bertz CT molecular complexity index is 607. The predicted molar refractivity (Wildman–Crippen MR) is 106 cm³/mol. The molecule has 0 radical (unpaired) electrons. The van der Waals surface area contributed by atoms with Gasteiger partial charge in [0.25, 0.3) is 0 Å². The minimum absolute atomic E-state index is 0.526. The summed E-state index contributed by atoms with van der Waals surface area (Å²) in [6.45, 7) is 5.60. The van der Waals surface area contributed by atoms with E-state index in [-0.39, 0.29) is 0 Å². The zero-order valence-corrected chi connectivity index (χ0v) is 15.8. The molecule has 0 bridgehead atoms. The van der Waals surface area contributed by atoms with Gasteiger partial charge < -0.3 is 10.2 Å². The summed E-state index contributed by atoms with van der Waals surface area (Å²) in [5, 5.41) is 4.35. The molecule has 0 aromatic heterocycles. The first-order chi connectivity index (χ1) is 11.6. The van der Waals surface area contributed by atoms with Crippen molar-refractivity contribution >= 4 is 11.6 Å². The van der Waals surface area contributed by atoms with Crippen molar-refractivity contribution in [2.45, 2.75) is 25.7 Å². The summed E-state index contributed by atoms with van der Waals surface area (Å²) in [6, 6.07) is 16.8. The highest BCUT2D eigenvalue weighted by molar-refractivity contribution is 6.30. The molecule has 0 aliphatic heterocycles. The Morgan fingerprint density at radius 3 is 2.42 bits per heavy atom. The van der Waals surface area contributed by atoms with Crippen LogP contribution in [0.3, 0.4) is 0 Å². The lowest BCUT2D eigenvalue weighted by Crippen LogP contribution is -2.22. The van der Waals surface area contributed by atoms with Crippen molar-refractivity contribution in [1.29, 1.82) is 0 Å². The molecule has 2 aromatic rings. The van der Waals surface area contributed by atoms with Crippen LogP contribution < -0.4 is 5.32 Å². The van der Waals surface area contributed by atoms with Gasteiger partial charge in [-0.3, -0.25) is 0 Å². The van der Waals surface area contributed by atoms with Crippen LogP contribution in [0.5, 0.6) is 0 Å². The number of hydrogen-bond donors (Lipinski definition) is 1. The van der Waals surface area contributed by atoms with Gasteiger partial charge in [-0.1, -0.05) is 54.9 Å². The number of nitrogens with one attached hydrogen (secondary N) is 1. The molecule has 24 heavy (non-hydrogen) atoms. The van der Waals surface area contributed by atoms with Gasteiger partial charge in [-0.05, 0) is 81.3 Å². The van der Waals surface area contributed by atoms with E-state index in [1.165, 1.54) is 23.1 Å². The van der Waals surface area contributed by atoms with Crippen LogP contribution in [0, 0.1) is 0 Å². The molecular weight excluding hydrogens is 316 g/mol. The molecule has 0 amide bonds. The minimum Gasteiger partial charge on any atom is -0.317 e. The topological polar surface area (TPSA) is 15.3 Å². The second-order valence-corrected chi connectivity index (χ2v) is 7.13. The Kier molecular flexibility index (Phi) is 7.77. The molecular formula is C21H29ClN2. The van der Waals surface area contributed by atoms with Crippen LogP contribution in [-0.4, -0.2) is 38.6 Å². The molecule has 0 heterocycles. The van der Waals surface area contributed by atoms with Crippen LogP contribution in [0.25, 0.3) is 11.1 Å². The number of hydrogen-bond acceptors (Lipinski definition) is 2. The third kappa shape index (κ3) is 5.94. The normalized spacial score (nSPS) is 12.5. The summed E-state index contributed by atoms with van der Waals surface area (Å²) in [4.78, 5) is 2.23. The smallest absolute Gasteiger partial charge is 0.0406 e. The fraction of sp³-hybridized carbons (Fsp3) is 0.429. The van der Waals surface area contributed by atoms with Crippen molar-refractivity contribution in [2.24, 2.45) is 0 Å². The minimum atomic E-state index is 0.526. The lowest BCUT2D eigenvalue weighted by molar-refractivity contribution is 0.393. The standard InChI is InChI=1S/C21H29ClN2/c1-17(13-15-23-14-6-16-24(2)3)20-7-4-5-8-21(20)18-9-11-19(22)12-10-18/h4-5,7-12,17,23H,6,13-16H2,1-3H3. The molecule has 2 rings (SSSR count).